The van der Waals surface area contributed by atoms with Crippen molar-refractivity contribution < 1.29 is 23.8 Å². The molecular weight excluding hydrogens is 426 g/mol. The third-order valence-electron chi connectivity index (χ3n) is 5.88. The number of carbonyl (C=O) groups is 2. The number of dihydropyridines is 1. The van der Waals surface area contributed by atoms with Gasteiger partial charge in [-0.3, -0.25) is 4.79 Å². The van der Waals surface area contributed by atoms with Crippen molar-refractivity contribution in [2.45, 2.75) is 46.5 Å². The lowest BCUT2D eigenvalue weighted by Gasteiger charge is -2.39. The van der Waals surface area contributed by atoms with Crippen molar-refractivity contribution >= 4 is 23.5 Å². The molecule has 1 aliphatic carbocycles. The summed E-state index contributed by atoms with van der Waals surface area (Å²) in [6.07, 6.45) is 1.16. The molecule has 1 unspecified atom stereocenters. The van der Waals surface area contributed by atoms with Gasteiger partial charge in [0.1, 0.15) is 18.1 Å². The first-order chi connectivity index (χ1) is 15.2. The highest BCUT2D eigenvalue weighted by molar-refractivity contribution is 7.99. The van der Waals surface area contributed by atoms with Crippen LogP contribution in [-0.4, -0.2) is 44.1 Å². The van der Waals surface area contributed by atoms with Crippen LogP contribution in [0.2, 0.25) is 0 Å². The Morgan fingerprint density at radius 3 is 2.62 bits per heavy atom. The van der Waals surface area contributed by atoms with E-state index in [0.717, 1.165) is 29.2 Å². The molecule has 1 N–H and O–H groups in total. The number of benzene rings is 1. The van der Waals surface area contributed by atoms with Crippen LogP contribution in [0.15, 0.2) is 40.7 Å². The average molecular weight is 460 g/mol. The summed E-state index contributed by atoms with van der Waals surface area (Å²) in [7, 11) is 3.17. The number of hydrogen-bond donors (Lipinski definition) is 1. The first-order valence-electron chi connectivity index (χ1n) is 10.9. The SMILES string of the molecule is CCSCCOC(=O)C1=C(C)NC2=C(C(=O)CC(C)(C)C2)C1c1ccc(OC)cc1OC. The minimum Gasteiger partial charge on any atom is -0.497 e. The topological polar surface area (TPSA) is 73.9 Å². The molecule has 0 fully saturated rings. The van der Waals surface area contributed by atoms with Crippen LogP contribution in [-0.2, 0) is 14.3 Å². The van der Waals surface area contributed by atoms with Gasteiger partial charge in [-0.25, -0.2) is 4.79 Å². The molecule has 1 heterocycles. The van der Waals surface area contributed by atoms with Gasteiger partial charge in [0.25, 0.3) is 0 Å². The third kappa shape index (κ3) is 4.98. The summed E-state index contributed by atoms with van der Waals surface area (Å²) in [6, 6.07) is 5.48. The molecule has 0 spiro atoms. The van der Waals surface area contributed by atoms with Crippen molar-refractivity contribution in [1.29, 1.82) is 0 Å². The second kappa shape index (κ2) is 10.0. The highest BCUT2D eigenvalue weighted by atomic mass is 32.2. The third-order valence-corrected chi connectivity index (χ3v) is 6.74. The largest absolute Gasteiger partial charge is 0.497 e. The van der Waals surface area contributed by atoms with E-state index in [9.17, 15) is 9.59 Å². The van der Waals surface area contributed by atoms with Gasteiger partial charge < -0.3 is 19.5 Å². The number of rotatable bonds is 8. The average Bonchev–Trinajstić information content (AvgIpc) is 2.74. The summed E-state index contributed by atoms with van der Waals surface area (Å²) in [4.78, 5) is 26.6. The molecule has 1 aliphatic heterocycles. The van der Waals surface area contributed by atoms with E-state index in [-0.39, 0.29) is 11.2 Å². The lowest BCUT2D eigenvalue weighted by molar-refractivity contribution is -0.138. The van der Waals surface area contributed by atoms with Gasteiger partial charge in [0.15, 0.2) is 5.78 Å². The predicted molar refractivity (Wildman–Crippen MR) is 127 cm³/mol. The van der Waals surface area contributed by atoms with Crippen LogP contribution < -0.4 is 14.8 Å². The Morgan fingerprint density at radius 1 is 1.22 bits per heavy atom. The van der Waals surface area contributed by atoms with Gasteiger partial charge >= 0.3 is 5.97 Å². The first kappa shape index (κ1) is 24.2. The minimum absolute atomic E-state index is 0.0472. The maximum atomic E-state index is 13.4. The van der Waals surface area contributed by atoms with E-state index in [4.69, 9.17) is 14.2 Å². The molecule has 1 aromatic carbocycles. The number of ether oxygens (including phenoxy) is 3. The molecule has 0 saturated heterocycles. The summed E-state index contributed by atoms with van der Waals surface area (Å²) >= 11 is 1.72. The second-order valence-corrected chi connectivity index (χ2v) is 10.3. The van der Waals surface area contributed by atoms with Gasteiger partial charge in [-0.15, -0.1) is 0 Å². The van der Waals surface area contributed by atoms with Crippen molar-refractivity contribution in [3.8, 4) is 11.5 Å². The highest BCUT2D eigenvalue weighted by Crippen LogP contribution is 2.49. The molecule has 6 nitrogen and oxygen atoms in total. The van der Waals surface area contributed by atoms with E-state index in [1.54, 1.807) is 32.0 Å². The fraction of sp³-hybridized carbons (Fsp3) is 0.520. The maximum absolute atomic E-state index is 13.4. The van der Waals surface area contributed by atoms with Crippen LogP contribution in [0.25, 0.3) is 0 Å². The number of Topliss-reactive ketones (excluding diaryl/α,β-unsaturated/α-hetero) is 1. The Balaban J connectivity index is 2.11. The van der Waals surface area contributed by atoms with Crippen molar-refractivity contribution in [2.24, 2.45) is 5.41 Å². The Bertz CT molecular complexity index is 963. The van der Waals surface area contributed by atoms with Crippen LogP contribution in [0.4, 0.5) is 0 Å². The van der Waals surface area contributed by atoms with E-state index in [0.29, 0.717) is 41.4 Å². The van der Waals surface area contributed by atoms with Crippen LogP contribution >= 0.6 is 11.8 Å². The Kier molecular flexibility index (Phi) is 7.59. The van der Waals surface area contributed by atoms with E-state index < -0.39 is 11.9 Å². The number of esters is 1. The fourth-order valence-electron chi connectivity index (χ4n) is 4.49. The molecule has 7 heteroatoms. The Hall–Kier alpha value is -2.41. The number of nitrogens with one attached hydrogen (secondary N) is 1. The smallest absolute Gasteiger partial charge is 0.336 e. The van der Waals surface area contributed by atoms with Crippen LogP contribution in [0, 0.1) is 5.41 Å². The molecule has 1 aromatic rings. The van der Waals surface area contributed by atoms with Gasteiger partial charge in [0.2, 0.25) is 0 Å². The number of hydrogen-bond acceptors (Lipinski definition) is 7. The number of thioether (sulfide) groups is 1. The van der Waals surface area contributed by atoms with Crippen molar-refractivity contribution in [3.05, 3.63) is 46.3 Å². The second-order valence-electron chi connectivity index (χ2n) is 8.87. The van der Waals surface area contributed by atoms with Crippen molar-refractivity contribution in [2.75, 3.05) is 32.3 Å². The summed E-state index contributed by atoms with van der Waals surface area (Å²) < 4.78 is 16.6. The van der Waals surface area contributed by atoms with E-state index in [1.807, 2.05) is 19.1 Å². The molecule has 3 rings (SSSR count). The summed E-state index contributed by atoms with van der Waals surface area (Å²) in [5.41, 5.74) is 3.29. The van der Waals surface area contributed by atoms with Crippen LogP contribution in [0.3, 0.4) is 0 Å². The molecule has 1 atom stereocenters. The normalized spacial score (nSPS) is 19.9. The first-order valence-corrected chi connectivity index (χ1v) is 12.1. The molecular formula is C25H33NO5S. The summed E-state index contributed by atoms with van der Waals surface area (Å²) in [6.45, 7) is 8.45. The van der Waals surface area contributed by atoms with Gasteiger partial charge in [-0.05, 0) is 30.6 Å². The van der Waals surface area contributed by atoms with Crippen molar-refractivity contribution in [1.82, 2.24) is 5.32 Å². The lowest BCUT2D eigenvalue weighted by Crippen LogP contribution is -2.38. The summed E-state index contributed by atoms with van der Waals surface area (Å²) in [5.74, 6) is 2.01. The molecule has 32 heavy (non-hydrogen) atoms. The lowest BCUT2D eigenvalue weighted by atomic mass is 9.68. The number of carbonyl (C=O) groups excluding carboxylic acids is 2. The van der Waals surface area contributed by atoms with E-state index in [2.05, 4.69) is 26.1 Å². The van der Waals surface area contributed by atoms with Gasteiger partial charge in [-0.2, -0.15) is 11.8 Å². The minimum atomic E-state index is -0.554. The van der Waals surface area contributed by atoms with Gasteiger partial charge in [-0.1, -0.05) is 26.8 Å². The predicted octanol–water partition coefficient (Wildman–Crippen LogP) is 4.60. The zero-order valence-electron chi connectivity index (χ0n) is 19.8. The molecule has 0 aromatic heterocycles. The fourth-order valence-corrected chi connectivity index (χ4v) is 4.98. The van der Waals surface area contributed by atoms with E-state index in [1.165, 1.54) is 0 Å². The quantitative estimate of drug-likeness (QED) is 0.450. The monoisotopic (exact) mass is 459 g/mol. The zero-order valence-corrected chi connectivity index (χ0v) is 20.6. The number of ketones is 1. The summed E-state index contributed by atoms with van der Waals surface area (Å²) in [5, 5.41) is 3.36. The molecule has 0 bridgehead atoms. The van der Waals surface area contributed by atoms with Crippen molar-refractivity contribution in [3.63, 3.8) is 0 Å². The molecule has 0 radical (unpaired) electrons. The Morgan fingerprint density at radius 2 is 1.97 bits per heavy atom. The zero-order chi connectivity index (χ0) is 23.5. The van der Waals surface area contributed by atoms with Gasteiger partial charge in [0, 0.05) is 40.8 Å². The molecule has 0 amide bonds. The molecule has 174 valence electrons. The van der Waals surface area contributed by atoms with Crippen LogP contribution in [0.5, 0.6) is 11.5 Å². The number of methoxy groups -OCH3 is 2. The molecule has 2 aliphatic rings. The standard InChI is InChI=1S/C25H33NO5S/c1-7-32-11-10-31-24(28)21-15(2)26-18-13-25(3,4)14-19(27)23(18)22(21)17-9-8-16(29-5)12-20(17)30-6/h8-9,12,22,26H,7,10-11,13-14H2,1-6H3. The maximum Gasteiger partial charge on any atom is 0.336 e. The van der Waals surface area contributed by atoms with Crippen LogP contribution in [0.1, 0.15) is 52.0 Å². The van der Waals surface area contributed by atoms with Gasteiger partial charge in [0.05, 0.1) is 25.7 Å². The number of allylic oxidation sites excluding steroid dienone is 3. The highest BCUT2D eigenvalue weighted by Gasteiger charge is 2.44. The van der Waals surface area contributed by atoms with E-state index >= 15 is 0 Å². The molecule has 0 saturated carbocycles. The Labute approximate surface area is 194 Å².